The number of hydrogen-bond acceptors (Lipinski definition) is 4. The molecule has 0 spiro atoms. The molecule has 5 heteroatoms. The average molecular weight is 254 g/mol. The Labute approximate surface area is 104 Å². The second-order valence-corrected chi connectivity index (χ2v) is 3.44. The lowest BCUT2D eigenvalue weighted by Crippen LogP contribution is -2.15. The van der Waals surface area contributed by atoms with Crippen molar-refractivity contribution in [1.29, 1.82) is 0 Å². The van der Waals surface area contributed by atoms with E-state index >= 15 is 0 Å². The minimum atomic E-state index is -0.773. The van der Waals surface area contributed by atoms with Crippen LogP contribution < -0.4 is 0 Å². The highest BCUT2D eigenvalue weighted by Crippen LogP contribution is 2.14. The zero-order chi connectivity index (χ0) is 12.8. The quantitative estimate of drug-likeness (QED) is 0.357. The van der Waals surface area contributed by atoms with Gasteiger partial charge in [-0.3, -0.25) is 0 Å². The largest absolute Gasteiger partial charge is 0.465 e. The van der Waals surface area contributed by atoms with Crippen molar-refractivity contribution in [2.24, 2.45) is 0 Å². The summed E-state index contributed by atoms with van der Waals surface area (Å²) in [5.74, 6) is -1.55. The van der Waals surface area contributed by atoms with E-state index in [9.17, 15) is 9.59 Å². The maximum Gasteiger partial charge on any atom is 0.345 e. The molecule has 0 aromatic heterocycles. The first kappa shape index (κ1) is 13.3. The maximum absolute atomic E-state index is 11.4. The SMILES string of the molecule is COC(=O)C(=Cc1[c]ccc(Cl)c1)C(=O)OC. The van der Waals surface area contributed by atoms with Crippen molar-refractivity contribution in [3.05, 3.63) is 40.4 Å². The average Bonchev–Trinajstić information content (AvgIpc) is 2.34. The molecule has 1 rings (SSSR count). The van der Waals surface area contributed by atoms with Crippen LogP contribution in [0.4, 0.5) is 0 Å². The van der Waals surface area contributed by atoms with Gasteiger partial charge in [0.05, 0.1) is 14.2 Å². The third-order valence-electron chi connectivity index (χ3n) is 1.90. The number of carbonyl (C=O) groups excluding carboxylic acids is 2. The lowest BCUT2D eigenvalue weighted by Gasteiger charge is -2.03. The maximum atomic E-state index is 11.4. The molecule has 0 heterocycles. The second-order valence-electron chi connectivity index (χ2n) is 3.00. The number of benzene rings is 1. The van der Waals surface area contributed by atoms with Gasteiger partial charge in [-0.1, -0.05) is 17.7 Å². The summed E-state index contributed by atoms with van der Waals surface area (Å²) in [6.07, 6.45) is 1.31. The molecular weight excluding hydrogens is 244 g/mol. The summed E-state index contributed by atoms with van der Waals surface area (Å²) in [6, 6.07) is 7.60. The van der Waals surface area contributed by atoms with Crippen LogP contribution in [-0.2, 0) is 19.1 Å². The Morgan fingerprint density at radius 3 is 2.35 bits per heavy atom. The first-order valence-corrected chi connectivity index (χ1v) is 5.02. The van der Waals surface area contributed by atoms with Gasteiger partial charge < -0.3 is 9.47 Å². The number of esters is 2. The molecule has 0 bridgehead atoms. The number of ether oxygens (including phenoxy) is 2. The summed E-state index contributed by atoms with van der Waals surface area (Å²) in [7, 11) is 2.36. The second kappa shape index (κ2) is 6.06. The zero-order valence-electron chi connectivity index (χ0n) is 9.32. The van der Waals surface area contributed by atoms with Crippen LogP contribution in [0.5, 0.6) is 0 Å². The monoisotopic (exact) mass is 253 g/mol. The molecule has 0 aliphatic heterocycles. The highest BCUT2D eigenvalue weighted by molar-refractivity contribution is 6.30. The molecule has 1 radical (unpaired) electrons. The summed E-state index contributed by atoms with van der Waals surface area (Å²) in [5.41, 5.74) is 0.275. The van der Waals surface area contributed by atoms with Crippen molar-refractivity contribution in [1.82, 2.24) is 0 Å². The van der Waals surface area contributed by atoms with Crippen molar-refractivity contribution in [2.75, 3.05) is 14.2 Å². The van der Waals surface area contributed by atoms with E-state index in [-0.39, 0.29) is 5.57 Å². The van der Waals surface area contributed by atoms with Crippen molar-refractivity contribution >= 4 is 29.6 Å². The van der Waals surface area contributed by atoms with E-state index in [1.54, 1.807) is 18.2 Å². The Hall–Kier alpha value is -1.81. The fourth-order valence-electron chi connectivity index (χ4n) is 1.12. The van der Waals surface area contributed by atoms with Gasteiger partial charge in [-0.2, -0.15) is 0 Å². The molecule has 0 aliphatic carbocycles. The third-order valence-corrected chi connectivity index (χ3v) is 2.13. The van der Waals surface area contributed by atoms with Gasteiger partial charge in [-0.05, 0) is 29.8 Å². The van der Waals surface area contributed by atoms with Gasteiger partial charge in [0.25, 0.3) is 0 Å². The van der Waals surface area contributed by atoms with Gasteiger partial charge >= 0.3 is 11.9 Å². The molecule has 0 fully saturated rings. The van der Waals surface area contributed by atoms with Gasteiger partial charge in [-0.25, -0.2) is 9.59 Å². The van der Waals surface area contributed by atoms with Gasteiger partial charge in [0.15, 0.2) is 0 Å². The van der Waals surface area contributed by atoms with E-state index in [1.165, 1.54) is 20.3 Å². The van der Waals surface area contributed by atoms with Crippen LogP contribution in [0, 0.1) is 6.07 Å². The Morgan fingerprint density at radius 1 is 1.29 bits per heavy atom. The molecule has 1 aromatic rings. The van der Waals surface area contributed by atoms with Crippen LogP contribution in [0.3, 0.4) is 0 Å². The first-order valence-electron chi connectivity index (χ1n) is 4.64. The van der Waals surface area contributed by atoms with Crippen molar-refractivity contribution in [3.8, 4) is 0 Å². The van der Waals surface area contributed by atoms with E-state index in [4.69, 9.17) is 11.6 Å². The molecule has 0 unspecified atom stereocenters. The van der Waals surface area contributed by atoms with E-state index in [0.29, 0.717) is 10.6 Å². The molecule has 0 atom stereocenters. The molecule has 0 aliphatic rings. The fraction of sp³-hybridized carbons (Fsp3) is 0.167. The third kappa shape index (κ3) is 3.60. The molecule has 0 N–H and O–H groups in total. The number of halogens is 1. The summed E-state index contributed by atoms with van der Waals surface area (Å²) in [5, 5.41) is 0.476. The van der Waals surface area contributed by atoms with E-state index in [2.05, 4.69) is 15.5 Å². The highest BCUT2D eigenvalue weighted by atomic mass is 35.5. The lowest BCUT2D eigenvalue weighted by molar-refractivity contribution is -0.143. The molecule has 0 saturated heterocycles. The fourth-order valence-corrected chi connectivity index (χ4v) is 1.30. The summed E-state index contributed by atoms with van der Waals surface area (Å²) < 4.78 is 8.97. The van der Waals surface area contributed by atoms with Crippen molar-refractivity contribution in [2.45, 2.75) is 0 Å². The molecule has 4 nitrogen and oxygen atoms in total. The highest BCUT2D eigenvalue weighted by Gasteiger charge is 2.19. The predicted octanol–water partition coefficient (Wildman–Crippen LogP) is 1.87. The molecule has 17 heavy (non-hydrogen) atoms. The van der Waals surface area contributed by atoms with Crippen LogP contribution in [0.15, 0.2) is 23.8 Å². The van der Waals surface area contributed by atoms with Crippen LogP contribution in [0.1, 0.15) is 5.56 Å². The molecular formula is C12H10ClO4. The summed E-state index contributed by atoms with van der Waals surface area (Å²) in [6.45, 7) is 0. The molecule has 0 saturated carbocycles. The molecule has 1 aromatic carbocycles. The van der Waals surface area contributed by atoms with Crippen LogP contribution in [0.2, 0.25) is 5.02 Å². The van der Waals surface area contributed by atoms with Gasteiger partial charge in [0.2, 0.25) is 0 Å². The lowest BCUT2D eigenvalue weighted by atomic mass is 10.1. The first-order chi connectivity index (χ1) is 8.08. The van der Waals surface area contributed by atoms with Crippen molar-refractivity contribution in [3.63, 3.8) is 0 Å². The minimum Gasteiger partial charge on any atom is -0.465 e. The van der Waals surface area contributed by atoms with Gasteiger partial charge in [-0.15, -0.1) is 0 Å². The standard InChI is InChI=1S/C12H10ClO4/c1-16-11(14)10(12(15)17-2)7-8-4-3-5-9(13)6-8/h3,5-7H,1-2H3. The topological polar surface area (TPSA) is 52.6 Å². The van der Waals surface area contributed by atoms with E-state index < -0.39 is 11.9 Å². The van der Waals surface area contributed by atoms with Crippen LogP contribution >= 0.6 is 11.6 Å². The predicted molar refractivity (Wildman–Crippen MR) is 62.3 cm³/mol. The van der Waals surface area contributed by atoms with Gasteiger partial charge in [0.1, 0.15) is 5.57 Å². The Morgan fingerprint density at radius 2 is 1.88 bits per heavy atom. The summed E-state index contributed by atoms with van der Waals surface area (Å²) >= 11 is 5.77. The zero-order valence-corrected chi connectivity index (χ0v) is 10.1. The molecule has 89 valence electrons. The number of hydrogen-bond donors (Lipinski definition) is 0. The Bertz CT molecular complexity index is 447. The number of rotatable bonds is 3. The Kier molecular flexibility index (Phi) is 4.72. The minimum absolute atomic E-state index is 0.214. The Balaban J connectivity index is 3.13. The normalized spacial score (nSPS) is 9.35. The number of carbonyl (C=O) groups is 2. The van der Waals surface area contributed by atoms with Crippen LogP contribution in [-0.4, -0.2) is 26.2 Å². The number of methoxy groups -OCH3 is 2. The molecule has 0 amide bonds. The van der Waals surface area contributed by atoms with Crippen LogP contribution in [0.25, 0.3) is 6.08 Å². The van der Waals surface area contributed by atoms with Gasteiger partial charge in [0, 0.05) is 5.02 Å². The summed E-state index contributed by atoms with van der Waals surface area (Å²) in [4.78, 5) is 22.7. The van der Waals surface area contributed by atoms with E-state index in [1.807, 2.05) is 0 Å². The van der Waals surface area contributed by atoms with E-state index in [0.717, 1.165) is 0 Å². The van der Waals surface area contributed by atoms with Crippen molar-refractivity contribution < 1.29 is 19.1 Å². The smallest absolute Gasteiger partial charge is 0.345 e.